The van der Waals surface area contributed by atoms with Gasteiger partial charge in [-0.2, -0.15) is 0 Å². The van der Waals surface area contributed by atoms with Gasteiger partial charge in [0.25, 0.3) is 0 Å². The number of rotatable bonds is 2. The molecule has 2 heterocycles. The molecule has 0 saturated carbocycles. The van der Waals surface area contributed by atoms with Gasteiger partial charge in [0.1, 0.15) is 0 Å². The Balaban J connectivity index is 0.000000185. The Morgan fingerprint density at radius 1 is 0.514 bits per heavy atom. The van der Waals surface area contributed by atoms with Crippen molar-refractivity contribution in [2.24, 2.45) is 0 Å². The van der Waals surface area contributed by atoms with E-state index in [1.54, 1.807) is 0 Å². The van der Waals surface area contributed by atoms with Crippen LogP contribution in [0.5, 0.6) is 0 Å². The average Bonchev–Trinajstić information content (AvgIpc) is 2.89. The molecule has 2 nitrogen and oxygen atoms in total. The van der Waals surface area contributed by atoms with Crippen LogP contribution in [0, 0.1) is 12.1 Å². The quantitative estimate of drug-likeness (QED) is 0.164. The van der Waals surface area contributed by atoms with Gasteiger partial charge in [-0.15, -0.1) is 65.7 Å². The second kappa shape index (κ2) is 13.0. The zero-order valence-electron chi connectivity index (χ0n) is 18.4. The van der Waals surface area contributed by atoms with Gasteiger partial charge >= 0.3 is 0 Å². The van der Waals surface area contributed by atoms with Crippen molar-refractivity contribution >= 4 is 37.5 Å². The van der Waals surface area contributed by atoms with E-state index in [0.717, 1.165) is 32.4 Å². The Labute approximate surface area is 240 Å². The number of halogens is 1. The van der Waals surface area contributed by atoms with Crippen molar-refractivity contribution in [3.8, 4) is 22.5 Å². The third kappa shape index (κ3) is 6.79. The molecule has 0 atom stereocenters. The van der Waals surface area contributed by atoms with Crippen LogP contribution in [0.1, 0.15) is 0 Å². The van der Waals surface area contributed by atoms with E-state index in [1.165, 1.54) is 16.2 Å². The van der Waals surface area contributed by atoms with Gasteiger partial charge in [0.15, 0.2) is 0 Å². The van der Waals surface area contributed by atoms with E-state index in [-0.39, 0.29) is 40.2 Å². The van der Waals surface area contributed by atoms with Crippen LogP contribution in [-0.4, -0.2) is 9.97 Å². The molecule has 2 radical (unpaired) electrons. The molecule has 0 aliphatic rings. The summed E-state index contributed by atoms with van der Waals surface area (Å²) < 4.78 is 1.04. The molecule has 0 amide bonds. The fourth-order valence-electron chi connectivity index (χ4n) is 3.60. The van der Waals surface area contributed by atoms with Crippen LogP contribution in [0.4, 0.5) is 0 Å². The minimum absolute atomic E-state index is 0. The van der Waals surface area contributed by atoms with Crippen LogP contribution in [0.15, 0.2) is 120 Å². The third-order valence-electron chi connectivity index (χ3n) is 5.29. The number of hydrogen-bond acceptors (Lipinski definition) is 2. The monoisotopic (exact) mass is 872 g/mol. The van der Waals surface area contributed by atoms with E-state index in [2.05, 4.69) is 74.4 Å². The summed E-state index contributed by atoms with van der Waals surface area (Å²) in [6.07, 6.45) is 3.81. The summed E-state index contributed by atoms with van der Waals surface area (Å²) in [5, 5.41) is 4.74. The summed E-state index contributed by atoms with van der Waals surface area (Å²) in [4.78, 5) is 8.91. The summed E-state index contributed by atoms with van der Waals surface area (Å²) in [5.74, 6) is 0. The number of nitrogens with zero attached hydrogens (tertiary/aromatic N) is 2. The first-order valence-electron chi connectivity index (χ1n) is 10.6. The Bertz CT molecular complexity index is 1540. The second-order valence-corrected chi connectivity index (χ2v) is 8.45. The maximum Gasteiger partial charge on any atom is 0.0239 e. The van der Waals surface area contributed by atoms with Crippen LogP contribution in [0.2, 0.25) is 0 Å². The van der Waals surface area contributed by atoms with Gasteiger partial charge in [0.2, 0.25) is 0 Å². The number of aromatic nitrogens is 2. The summed E-state index contributed by atoms with van der Waals surface area (Å²) >= 11 is 3.46. The first-order chi connectivity index (χ1) is 16.3. The normalized spacial score (nSPS) is 9.97. The number of benzene rings is 4. The summed E-state index contributed by atoms with van der Waals surface area (Å²) in [7, 11) is 0. The van der Waals surface area contributed by atoms with Gasteiger partial charge in [-0.05, 0) is 32.9 Å². The van der Waals surface area contributed by atoms with Crippen molar-refractivity contribution in [3.05, 3.63) is 132 Å². The molecule has 6 rings (SSSR count). The molecular weight excluding hydrogens is 853 g/mol. The standard InChI is InChI=1S/C15H9BrN.C15H10N.2Ir/c16-14-7-3-6-12(8-14)15-9-11-4-1-2-5-13(11)10-17-15;1-2-6-12(7-3-1)15-10-13-8-4-5-9-14(13)11-16-15;;/h1-5,7-10H;1-6,8-11H;;/q2*-1;;. The second-order valence-electron chi connectivity index (χ2n) is 7.53. The van der Waals surface area contributed by atoms with E-state index in [4.69, 9.17) is 0 Å². The molecule has 0 spiro atoms. The summed E-state index contributed by atoms with van der Waals surface area (Å²) in [6.45, 7) is 0. The Hall–Kier alpha value is -2.52. The van der Waals surface area contributed by atoms with Crippen LogP contribution in [0.25, 0.3) is 44.1 Å². The van der Waals surface area contributed by atoms with E-state index in [1.807, 2.05) is 79.1 Å². The average molecular weight is 872 g/mol. The summed E-state index contributed by atoms with van der Waals surface area (Å²) in [5.41, 5.74) is 3.96. The Morgan fingerprint density at radius 2 is 1.03 bits per heavy atom. The molecule has 0 unspecified atom stereocenters. The summed E-state index contributed by atoms with van der Waals surface area (Å²) in [6, 6.07) is 40.8. The molecule has 2 aromatic heterocycles. The molecule has 6 aromatic rings. The predicted molar refractivity (Wildman–Crippen MR) is 140 cm³/mol. The Morgan fingerprint density at radius 3 is 1.57 bits per heavy atom. The minimum Gasteiger partial charge on any atom is -0.304 e. The molecule has 5 heteroatoms. The smallest absolute Gasteiger partial charge is 0.0239 e. The molecule has 4 aromatic carbocycles. The minimum atomic E-state index is 0. The fraction of sp³-hybridized carbons (Fsp3) is 0. The van der Waals surface area contributed by atoms with E-state index in [9.17, 15) is 0 Å². The van der Waals surface area contributed by atoms with Gasteiger partial charge in [-0.25, -0.2) is 0 Å². The maximum absolute atomic E-state index is 4.47. The largest absolute Gasteiger partial charge is 0.304 e. The van der Waals surface area contributed by atoms with Crippen molar-refractivity contribution in [3.63, 3.8) is 0 Å². The number of fused-ring (bicyclic) bond motifs is 2. The first kappa shape index (κ1) is 27.1. The molecule has 0 saturated heterocycles. The van der Waals surface area contributed by atoms with Gasteiger partial charge in [0, 0.05) is 52.6 Å². The van der Waals surface area contributed by atoms with E-state index < -0.39 is 0 Å². The van der Waals surface area contributed by atoms with Gasteiger partial charge in [0.05, 0.1) is 0 Å². The van der Waals surface area contributed by atoms with Crippen molar-refractivity contribution < 1.29 is 40.2 Å². The Kier molecular flexibility index (Phi) is 10.0. The molecule has 0 aliphatic heterocycles. The van der Waals surface area contributed by atoms with Gasteiger partial charge in [-0.3, -0.25) is 0 Å². The van der Waals surface area contributed by atoms with Crippen molar-refractivity contribution in [2.45, 2.75) is 0 Å². The number of hydrogen-bond donors (Lipinski definition) is 0. The topological polar surface area (TPSA) is 25.8 Å². The van der Waals surface area contributed by atoms with E-state index >= 15 is 0 Å². The third-order valence-corrected chi connectivity index (χ3v) is 5.78. The van der Waals surface area contributed by atoms with E-state index in [0.29, 0.717) is 0 Å². The van der Waals surface area contributed by atoms with Crippen LogP contribution in [0.3, 0.4) is 0 Å². The van der Waals surface area contributed by atoms with Gasteiger partial charge < -0.3 is 9.97 Å². The van der Waals surface area contributed by atoms with Crippen LogP contribution in [-0.2, 0) is 40.2 Å². The molecule has 0 fully saturated rings. The van der Waals surface area contributed by atoms with Crippen LogP contribution >= 0.6 is 15.9 Å². The molecule has 0 bridgehead atoms. The predicted octanol–water partition coefficient (Wildman–Crippen LogP) is 8.16. The first-order valence-corrected chi connectivity index (χ1v) is 11.4. The molecule has 176 valence electrons. The number of pyridine rings is 2. The zero-order valence-corrected chi connectivity index (χ0v) is 24.8. The molecular formula is C30H19BrIr2N2-2. The SMILES string of the molecule is Brc1cc[c-]c(-c2cc3ccccc3cn2)c1.[Ir].[Ir].[c-]1ccccc1-c1cc2ccccc2cn1. The molecule has 35 heavy (non-hydrogen) atoms. The van der Waals surface area contributed by atoms with Crippen molar-refractivity contribution in [1.82, 2.24) is 9.97 Å². The molecule has 0 N–H and O–H groups in total. The van der Waals surface area contributed by atoms with Gasteiger partial charge in [-0.1, -0.05) is 81.1 Å². The molecule has 0 aliphatic carbocycles. The zero-order chi connectivity index (χ0) is 22.5. The fourth-order valence-corrected chi connectivity index (χ4v) is 3.96. The maximum atomic E-state index is 4.47. The van der Waals surface area contributed by atoms with Crippen molar-refractivity contribution in [2.75, 3.05) is 0 Å². The van der Waals surface area contributed by atoms with Crippen LogP contribution < -0.4 is 0 Å². The van der Waals surface area contributed by atoms with Crippen molar-refractivity contribution in [1.29, 1.82) is 0 Å².